The van der Waals surface area contributed by atoms with Gasteiger partial charge in [0.25, 0.3) is 0 Å². The third-order valence-corrected chi connectivity index (χ3v) is 2.23. The lowest BCUT2D eigenvalue weighted by molar-refractivity contribution is -0.143. The van der Waals surface area contributed by atoms with Crippen LogP contribution in [0.5, 0.6) is 0 Å². The van der Waals surface area contributed by atoms with Crippen molar-refractivity contribution in [3.63, 3.8) is 0 Å². The molecular weight excluding hydrogens is 164 g/mol. The van der Waals surface area contributed by atoms with Crippen LogP contribution in [-0.4, -0.2) is 5.97 Å². The molecule has 0 rings (SSSR count). The molecule has 0 aromatic rings. The Balaban J connectivity index is 2.87. The van der Waals surface area contributed by atoms with Crippen LogP contribution < -0.4 is 0 Å². The maximum atomic E-state index is 10.1. The van der Waals surface area contributed by atoms with Gasteiger partial charge in [-0.05, 0) is 6.42 Å². The minimum Gasteiger partial charge on any atom is -0.247 e. The second-order valence-electron chi connectivity index (χ2n) is 3.60. The molecule has 0 saturated carbocycles. The number of rotatable bonds is 9. The topological polar surface area (TPSA) is 37.0 Å². The normalized spacial score (nSPS) is 10.2. The van der Waals surface area contributed by atoms with Crippen LogP contribution >= 0.6 is 0 Å². The lowest BCUT2D eigenvalue weighted by Crippen LogP contribution is -1.91. The van der Waals surface area contributed by atoms with Gasteiger partial charge < -0.3 is 0 Å². The molecule has 0 aromatic carbocycles. The van der Waals surface area contributed by atoms with Crippen LogP contribution in [0.1, 0.15) is 64.7 Å². The predicted molar refractivity (Wildman–Crippen MR) is 52.9 cm³/mol. The molecule has 0 spiro atoms. The van der Waals surface area contributed by atoms with Crippen LogP contribution in [0.25, 0.3) is 0 Å². The second-order valence-corrected chi connectivity index (χ2v) is 3.60. The summed E-state index contributed by atoms with van der Waals surface area (Å²) in [5.74, 6) is -0.911. The molecule has 0 N–H and O–H groups in total. The monoisotopic (exact) mass is 185 g/mol. The molecular formula is C11H21O2. The Morgan fingerprint density at radius 3 is 1.77 bits per heavy atom. The van der Waals surface area contributed by atoms with Gasteiger partial charge in [0.2, 0.25) is 0 Å². The summed E-state index contributed by atoms with van der Waals surface area (Å²) in [4.78, 5) is 10.1. The summed E-state index contributed by atoms with van der Waals surface area (Å²) < 4.78 is 0. The van der Waals surface area contributed by atoms with Gasteiger partial charge in [-0.15, -0.1) is 0 Å². The van der Waals surface area contributed by atoms with E-state index < -0.39 is 5.97 Å². The van der Waals surface area contributed by atoms with Crippen molar-refractivity contribution in [2.45, 2.75) is 64.7 Å². The maximum absolute atomic E-state index is 10.1. The maximum Gasteiger partial charge on any atom is 0.355 e. The van der Waals surface area contributed by atoms with E-state index in [2.05, 4.69) is 6.92 Å². The zero-order chi connectivity index (χ0) is 9.94. The highest BCUT2D eigenvalue weighted by atomic mass is 16.4. The fraction of sp³-hybridized carbons (Fsp3) is 0.909. The highest BCUT2D eigenvalue weighted by Crippen LogP contribution is 2.09. The van der Waals surface area contributed by atoms with Gasteiger partial charge in [-0.1, -0.05) is 51.9 Å². The van der Waals surface area contributed by atoms with Gasteiger partial charge in [0.1, 0.15) is 0 Å². The van der Waals surface area contributed by atoms with Gasteiger partial charge in [0, 0.05) is 0 Å². The van der Waals surface area contributed by atoms with E-state index >= 15 is 0 Å². The van der Waals surface area contributed by atoms with Gasteiger partial charge in [-0.3, -0.25) is 0 Å². The predicted octanol–water partition coefficient (Wildman–Crippen LogP) is 3.47. The standard InChI is InChI=1S/C11H21O2/c1-2-3-4-5-6-7-8-9-10-11(12)13/h2-10H2,1H3. The van der Waals surface area contributed by atoms with Gasteiger partial charge in [0.15, 0.2) is 0 Å². The molecule has 0 unspecified atom stereocenters. The summed E-state index contributed by atoms with van der Waals surface area (Å²) >= 11 is 0. The smallest absolute Gasteiger partial charge is 0.247 e. The van der Waals surface area contributed by atoms with E-state index in [1.54, 1.807) is 0 Å². The van der Waals surface area contributed by atoms with Crippen molar-refractivity contribution in [3.8, 4) is 0 Å². The quantitative estimate of drug-likeness (QED) is 0.507. The highest BCUT2D eigenvalue weighted by Gasteiger charge is 1.98. The third kappa shape index (κ3) is 11.5. The van der Waals surface area contributed by atoms with Crippen molar-refractivity contribution in [1.29, 1.82) is 0 Å². The van der Waals surface area contributed by atoms with Crippen LogP contribution in [0.3, 0.4) is 0 Å². The molecule has 0 aromatic heterocycles. The Bertz CT molecular complexity index is 121. The Labute approximate surface area is 81.3 Å². The van der Waals surface area contributed by atoms with E-state index in [-0.39, 0.29) is 6.42 Å². The first-order valence-electron chi connectivity index (χ1n) is 5.47. The largest absolute Gasteiger partial charge is 0.355 e. The van der Waals surface area contributed by atoms with Crippen LogP contribution in [0.2, 0.25) is 0 Å². The molecule has 0 amide bonds. The van der Waals surface area contributed by atoms with Gasteiger partial charge in [-0.2, -0.15) is 0 Å². The molecule has 2 nitrogen and oxygen atoms in total. The zero-order valence-electron chi connectivity index (χ0n) is 8.68. The minimum atomic E-state index is -0.911. The first-order chi connectivity index (χ1) is 6.27. The van der Waals surface area contributed by atoms with Gasteiger partial charge in [-0.25, -0.2) is 9.90 Å². The summed E-state index contributed by atoms with van der Waals surface area (Å²) in [5.41, 5.74) is 0. The minimum absolute atomic E-state index is 0.231. The third-order valence-electron chi connectivity index (χ3n) is 2.23. The molecule has 0 aliphatic heterocycles. The molecule has 1 radical (unpaired) electrons. The fourth-order valence-electron chi connectivity index (χ4n) is 1.40. The van der Waals surface area contributed by atoms with Crippen LogP contribution in [0, 0.1) is 0 Å². The molecule has 0 aliphatic rings. The molecule has 0 bridgehead atoms. The van der Waals surface area contributed by atoms with E-state index in [4.69, 9.17) is 0 Å². The average molecular weight is 185 g/mol. The summed E-state index contributed by atoms with van der Waals surface area (Å²) in [7, 11) is 0. The summed E-state index contributed by atoms with van der Waals surface area (Å²) in [5, 5.41) is 10.1. The fourth-order valence-corrected chi connectivity index (χ4v) is 1.40. The summed E-state index contributed by atoms with van der Waals surface area (Å²) in [6.07, 6.45) is 9.75. The van der Waals surface area contributed by atoms with Crippen molar-refractivity contribution < 1.29 is 9.90 Å². The Morgan fingerprint density at radius 2 is 1.31 bits per heavy atom. The second kappa shape index (κ2) is 9.56. The Hall–Kier alpha value is -0.530. The molecule has 0 heterocycles. The van der Waals surface area contributed by atoms with E-state index in [0.717, 1.165) is 12.8 Å². The van der Waals surface area contributed by atoms with Crippen LogP contribution in [-0.2, 0) is 9.90 Å². The number of unbranched alkanes of at least 4 members (excludes halogenated alkanes) is 7. The van der Waals surface area contributed by atoms with Crippen molar-refractivity contribution >= 4 is 5.97 Å². The van der Waals surface area contributed by atoms with E-state index in [9.17, 15) is 9.90 Å². The van der Waals surface area contributed by atoms with E-state index in [1.807, 2.05) is 0 Å². The first kappa shape index (κ1) is 12.5. The molecule has 77 valence electrons. The molecule has 2 heteroatoms. The molecule has 13 heavy (non-hydrogen) atoms. The number of hydrogen-bond donors (Lipinski definition) is 0. The molecule has 0 fully saturated rings. The SMILES string of the molecule is CCCCCCCCCCC([O])=O. The summed E-state index contributed by atoms with van der Waals surface area (Å²) in [6, 6.07) is 0. The van der Waals surface area contributed by atoms with Crippen molar-refractivity contribution in [3.05, 3.63) is 0 Å². The van der Waals surface area contributed by atoms with Crippen molar-refractivity contribution in [2.24, 2.45) is 0 Å². The van der Waals surface area contributed by atoms with Crippen molar-refractivity contribution in [2.75, 3.05) is 0 Å². The number of carbonyl (C=O) groups excluding carboxylic acids is 1. The van der Waals surface area contributed by atoms with Gasteiger partial charge >= 0.3 is 5.97 Å². The average Bonchev–Trinajstić information content (AvgIpc) is 2.09. The van der Waals surface area contributed by atoms with E-state index in [1.165, 1.54) is 38.5 Å². The molecule has 0 saturated heterocycles. The van der Waals surface area contributed by atoms with E-state index in [0.29, 0.717) is 0 Å². The number of hydrogen-bond acceptors (Lipinski definition) is 1. The van der Waals surface area contributed by atoms with Crippen LogP contribution in [0.15, 0.2) is 0 Å². The Morgan fingerprint density at radius 1 is 0.846 bits per heavy atom. The lowest BCUT2D eigenvalue weighted by Gasteiger charge is -1.99. The zero-order valence-corrected chi connectivity index (χ0v) is 8.68. The Kier molecular flexibility index (Phi) is 9.17. The first-order valence-corrected chi connectivity index (χ1v) is 5.47. The van der Waals surface area contributed by atoms with Gasteiger partial charge in [0.05, 0.1) is 6.42 Å². The number of carbonyl (C=O) groups is 1. The lowest BCUT2D eigenvalue weighted by atomic mass is 10.1. The molecule has 0 aliphatic carbocycles. The molecule has 0 atom stereocenters. The van der Waals surface area contributed by atoms with Crippen molar-refractivity contribution in [1.82, 2.24) is 0 Å². The summed E-state index contributed by atoms with van der Waals surface area (Å²) in [6.45, 7) is 2.21. The highest BCUT2D eigenvalue weighted by molar-refractivity contribution is 5.66. The van der Waals surface area contributed by atoms with Crippen LogP contribution in [0.4, 0.5) is 0 Å².